The number of thiophene rings is 1. The van der Waals surface area contributed by atoms with Crippen LogP contribution in [0.25, 0.3) is 0 Å². The van der Waals surface area contributed by atoms with Gasteiger partial charge in [0.15, 0.2) is 5.60 Å². The molecule has 1 heterocycles. The zero-order valence-electron chi connectivity index (χ0n) is 8.24. The quantitative estimate of drug-likeness (QED) is 0.820. The van der Waals surface area contributed by atoms with E-state index < -0.39 is 5.60 Å². The van der Waals surface area contributed by atoms with Crippen LogP contribution in [0.4, 0.5) is 0 Å². The second-order valence-electron chi connectivity index (χ2n) is 3.44. The highest BCUT2D eigenvalue weighted by molar-refractivity contribution is 7.10. The molecule has 1 fully saturated rings. The van der Waals surface area contributed by atoms with Crippen LogP contribution in [0.5, 0.6) is 0 Å². The molecule has 14 heavy (non-hydrogen) atoms. The molecule has 2 unspecified atom stereocenters. The zero-order valence-corrected chi connectivity index (χ0v) is 9.06. The lowest BCUT2D eigenvalue weighted by Crippen LogP contribution is -2.36. The fourth-order valence-corrected chi connectivity index (χ4v) is 2.75. The Morgan fingerprint density at radius 3 is 3.07 bits per heavy atom. The monoisotopic (exact) mass is 211 g/mol. The van der Waals surface area contributed by atoms with E-state index in [-0.39, 0.29) is 11.8 Å². The van der Waals surface area contributed by atoms with E-state index >= 15 is 0 Å². The van der Waals surface area contributed by atoms with E-state index in [1.54, 1.807) is 25.5 Å². The summed E-state index contributed by atoms with van der Waals surface area (Å²) in [4.78, 5) is 12.8. The summed E-state index contributed by atoms with van der Waals surface area (Å²) in [5.41, 5.74) is -0.598. The normalized spacial score (nSPS) is 30.0. The van der Waals surface area contributed by atoms with Crippen molar-refractivity contribution in [3.05, 3.63) is 22.4 Å². The first-order chi connectivity index (χ1) is 6.74. The molecule has 1 amide bonds. The molecule has 0 spiro atoms. The number of carbonyl (C=O) groups excluding carboxylic acids is 1. The Bertz CT molecular complexity index is 336. The number of hydrogen-bond acceptors (Lipinski definition) is 3. The Labute approximate surface area is 87.1 Å². The molecule has 4 heteroatoms. The third kappa shape index (κ3) is 1.26. The number of rotatable bonds is 3. The molecule has 0 aromatic carbocycles. The Morgan fingerprint density at radius 1 is 1.79 bits per heavy atom. The minimum Gasteiger partial charge on any atom is -0.368 e. The summed E-state index contributed by atoms with van der Waals surface area (Å²) in [7, 11) is 3.25. The average Bonchev–Trinajstić information content (AvgIpc) is 2.72. The van der Waals surface area contributed by atoms with Crippen LogP contribution >= 0.6 is 11.3 Å². The highest BCUT2D eigenvalue weighted by Gasteiger charge is 2.61. The van der Waals surface area contributed by atoms with Gasteiger partial charge < -0.3 is 10.1 Å². The lowest BCUT2D eigenvalue weighted by Gasteiger charge is -2.12. The molecule has 0 radical (unpaired) electrons. The van der Waals surface area contributed by atoms with E-state index in [1.165, 1.54) is 4.88 Å². The van der Waals surface area contributed by atoms with Gasteiger partial charge >= 0.3 is 0 Å². The maximum absolute atomic E-state index is 11.6. The van der Waals surface area contributed by atoms with Crippen LogP contribution in [0, 0.1) is 0 Å². The molecular formula is C10H13NO2S. The number of methoxy groups -OCH3 is 1. The molecule has 2 atom stereocenters. The molecular weight excluding hydrogens is 198 g/mol. The van der Waals surface area contributed by atoms with Crippen LogP contribution < -0.4 is 5.32 Å². The lowest BCUT2D eigenvalue weighted by molar-refractivity contribution is -0.133. The summed E-state index contributed by atoms with van der Waals surface area (Å²) in [6, 6.07) is 4.06. The SMILES string of the molecule is CNC(=O)C1(OC)CC1c1cccs1. The summed E-state index contributed by atoms with van der Waals surface area (Å²) in [6.45, 7) is 0. The van der Waals surface area contributed by atoms with Crippen molar-refractivity contribution in [2.75, 3.05) is 14.2 Å². The Hall–Kier alpha value is -0.870. The number of amides is 1. The van der Waals surface area contributed by atoms with Crippen molar-refractivity contribution in [2.45, 2.75) is 17.9 Å². The van der Waals surface area contributed by atoms with Crippen LogP contribution in [-0.4, -0.2) is 25.7 Å². The molecule has 0 saturated heterocycles. The van der Waals surface area contributed by atoms with Crippen molar-refractivity contribution in [1.82, 2.24) is 5.32 Å². The molecule has 1 saturated carbocycles. The van der Waals surface area contributed by atoms with Gasteiger partial charge in [0.1, 0.15) is 0 Å². The maximum atomic E-state index is 11.6. The van der Waals surface area contributed by atoms with Crippen LogP contribution in [0.15, 0.2) is 17.5 Å². The zero-order chi connectivity index (χ0) is 10.2. The van der Waals surface area contributed by atoms with Gasteiger partial charge in [0.25, 0.3) is 5.91 Å². The second-order valence-corrected chi connectivity index (χ2v) is 4.42. The smallest absolute Gasteiger partial charge is 0.252 e. The van der Waals surface area contributed by atoms with Crippen molar-refractivity contribution in [1.29, 1.82) is 0 Å². The van der Waals surface area contributed by atoms with Gasteiger partial charge in [-0.15, -0.1) is 11.3 Å². The summed E-state index contributed by atoms with van der Waals surface area (Å²) in [5, 5.41) is 4.68. The third-order valence-electron chi connectivity index (χ3n) is 2.77. The lowest BCUT2D eigenvalue weighted by atomic mass is 10.2. The van der Waals surface area contributed by atoms with E-state index in [9.17, 15) is 4.79 Å². The van der Waals surface area contributed by atoms with Crippen LogP contribution in [0.3, 0.4) is 0 Å². The molecule has 2 rings (SSSR count). The van der Waals surface area contributed by atoms with E-state index in [0.29, 0.717) is 0 Å². The highest BCUT2D eigenvalue weighted by atomic mass is 32.1. The van der Waals surface area contributed by atoms with E-state index in [4.69, 9.17) is 4.74 Å². The van der Waals surface area contributed by atoms with Crippen molar-refractivity contribution < 1.29 is 9.53 Å². The highest BCUT2D eigenvalue weighted by Crippen LogP contribution is 2.55. The molecule has 1 N–H and O–H groups in total. The topological polar surface area (TPSA) is 38.3 Å². The van der Waals surface area contributed by atoms with Crippen molar-refractivity contribution in [3.8, 4) is 0 Å². The fraction of sp³-hybridized carbons (Fsp3) is 0.500. The van der Waals surface area contributed by atoms with E-state index in [2.05, 4.69) is 11.4 Å². The van der Waals surface area contributed by atoms with Crippen LogP contribution in [-0.2, 0) is 9.53 Å². The summed E-state index contributed by atoms with van der Waals surface area (Å²) < 4.78 is 5.33. The molecule has 1 aromatic rings. The number of carbonyl (C=O) groups is 1. The molecule has 1 aromatic heterocycles. The first-order valence-corrected chi connectivity index (χ1v) is 5.43. The number of ether oxygens (including phenoxy) is 1. The predicted molar refractivity (Wildman–Crippen MR) is 55.5 cm³/mol. The van der Waals surface area contributed by atoms with Gasteiger partial charge in [0.2, 0.25) is 0 Å². The summed E-state index contributed by atoms with van der Waals surface area (Å²) >= 11 is 1.68. The molecule has 76 valence electrons. The van der Waals surface area contributed by atoms with E-state index in [1.807, 2.05) is 11.4 Å². The first kappa shape index (κ1) is 9.68. The number of hydrogen-bond donors (Lipinski definition) is 1. The van der Waals surface area contributed by atoms with Gasteiger partial charge in [-0.3, -0.25) is 4.79 Å². The molecule has 0 aliphatic heterocycles. The van der Waals surface area contributed by atoms with Gasteiger partial charge in [-0.05, 0) is 17.9 Å². The maximum Gasteiger partial charge on any atom is 0.252 e. The Balaban J connectivity index is 2.18. The third-order valence-corrected chi connectivity index (χ3v) is 3.76. The van der Waals surface area contributed by atoms with Crippen LogP contribution in [0.2, 0.25) is 0 Å². The second kappa shape index (κ2) is 3.37. The molecule has 0 bridgehead atoms. The van der Waals surface area contributed by atoms with Gasteiger partial charge in [-0.1, -0.05) is 6.07 Å². The van der Waals surface area contributed by atoms with Crippen molar-refractivity contribution in [3.63, 3.8) is 0 Å². The summed E-state index contributed by atoms with van der Waals surface area (Å²) in [6.07, 6.45) is 0.795. The van der Waals surface area contributed by atoms with Gasteiger partial charge in [-0.2, -0.15) is 0 Å². The molecule has 1 aliphatic carbocycles. The Kier molecular flexibility index (Phi) is 2.33. The fourth-order valence-electron chi connectivity index (χ4n) is 1.85. The molecule has 3 nitrogen and oxygen atoms in total. The minimum atomic E-state index is -0.598. The largest absolute Gasteiger partial charge is 0.368 e. The van der Waals surface area contributed by atoms with Crippen molar-refractivity contribution in [2.24, 2.45) is 0 Å². The minimum absolute atomic E-state index is 0.0154. The summed E-state index contributed by atoms with van der Waals surface area (Å²) in [5.74, 6) is 0.228. The standard InChI is InChI=1S/C10H13NO2S/c1-11-9(12)10(13-2)6-7(10)8-4-3-5-14-8/h3-5,7H,6H2,1-2H3,(H,11,12). The van der Waals surface area contributed by atoms with Crippen molar-refractivity contribution >= 4 is 17.2 Å². The predicted octanol–water partition coefficient (Wildman–Crippen LogP) is 1.37. The van der Waals surface area contributed by atoms with Gasteiger partial charge in [-0.25, -0.2) is 0 Å². The number of likely N-dealkylation sites (N-methyl/N-ethyl adjacent to an activating group) is 1. The first-order valence-electron chi connectivity index (χ1n) is 4.55. The van der Waals surface area contributed by atoms with E-state index in [0.717, 1.165) is 6.42 Å². The molecule has 1 aliphatic rings. The van der Waals surface area contributed by atoms with Gasteiger partial charge in [0, 0.05) is 25.0 Å². The number of nitrogens with one attached hydrogen (secondary N) is 1. The average molecular weight is 211 g/mol. The van der Waals surface area contributed by atoms with Crippen LogP contribution in [0.1, 0.15) is 17.2 Å². The Morgan fingerprint density at radius 2 is 2.57 bits per heavy atom. The van der Waals surface area contributed by atoms with Gasteiger partial charge in [0.05, 0.1) is 0 Å².